The fourth-order valence-corrected chi connectivity index (χ4v) is 2.03. The molecule has 0 saturated heterocycles. The van der Waals surface area contributed by atoms with Gasteiger partial charge in [-0.3, -0.25) is 4.79 Å². The van der Waals surface area contributed by atoms with Crippen molar-refractivity contribution in [2.45, 2.75) is 26.8 Å². The summed E-state index contributed by atoms with van der Waals surface area (Å²) in [5.41, 5.74) is 7.72. The van der Waals surface area contributed by atoms with Crippen LogP contribution in [0, 0.1) is 6.92 Å². The van der Waals surface area contributed by atoms with Gasteiger partial charge in [0.1, 0.15) is 5.76 Å². The molecule has 2 aromatic rings. The lowest BCUT2D eigenvalue weighted by atomic mass is 10.2. The van der Waals surface area contributed by atoms with Crippen LogP contribution >= 0.6 is 0 Å². The molecule has 0 spiro atoms. The van der Waals surface area contributed by atoms with E-state index < -0.39 is 5.91 Å². The minimum absolute atomic E-state index is 0.398. The Hall–Kier alpha value is -1.97. The molecule has 4 heteroatoms. The van der Waals surface area contributed by atoms with Crippen molar-refractivity contribution in [3.63, 3.8) is 0 Å². The predicted octanol–water partition coefficient (Wildman–Crippen LogP) is 2.57. The Morgan fingerprint density at radius 2 is 2.29 bits per heavy atom. The van der Waals surface area contributed by atoms with Gasteiger partial charge in [-0.1, -0.05) is 6.92 Å². The maximum atomic E-state index is 11.3. The fourth-order valence-electron chi connectivity index (χ4n) is 2.03. The molecule has 0 atom stereocenters. The van der Waals surface area contributed by atoms with Gasteiger partial charge in [0.05, 0.1) is 17.5 Å². The van der Waals surface area contributed by atoms with Gasteiger partial charge in [0, 0.05) is 12.2 Å². The van der Waals surface area contributed by atoms with Gasteiger partial charge < -0.3 is 14.7 Å². The monoisotopic (exact) mass is 232 g/mol. The molecular formula is C13H16N2O2. The topological polar surface area (TPSA) is 61.2 Å². The minimum atomic E-state index is -0.398. The first-order valence-electron chi connectivity index (χ1n) is 5.69. The molecule has 0 aliphatic heterocycles. The number of nitrogens with two attached hydrogens (primary N) is 1. The second-order valence-corrected chi connectivity index (χ2v) is 4.02. The number of nitrogens with zero attached hydrogens (tertiary/aromatic N) is 1. The van der Waals surface area contributed by atoms with Gasteiger partial charge in [0.15, 0.2) is 0 Å². The van der Waals surface area contributed by atoms with E-state index in [-0.39, 0.29) is 0 Å². The highest BCUT2D eigenvalue weighted by atomic mass is 16.3. The standard InChI is InChI=1S/C13H16N2O2/c1-3-6-15-9(2)10(13(14)16)8-11(15)12-5-4-7-17-12/h4-5,7-8H,3,6H2,1-2H3,(H2,14,16). The summed E-state index contributed by atoms with van der Waals surface area (Å²) in [6, 6.07) is 5.51. The molecule has 0 aromatic carbocycles. The SMILES string of the molecule is CCCn1c(-c2ccco2)cc(C(N)=O)c1C. The summed E-state index contributed by atoms with van der Waals surface area (Å²) >= 11 is 0. The van der Waals surface area contributed by atoms with Crippen molar-refractivity contribution in [2.75, 3.05) is 0 Å². The molecule has 2 rings (SSSR count). The maximum absolute atomic E-state index is 11.3. The average Bonchev–Trinajstić information content (AvgIpc) is 2.88. The normalized spacial score (nSPS) is 10.7. The molecule has 0 unspecified atom stereocenters. The summed E-state index contributed by atoms with van der Waals surface area (Å²) < 4.78 is 7.45. The molecule has 0 radical (unpaired) electrons. The van der Waals surface area contributed by atoms with Crippen molar-refractivity contribution < 1.29 is 9.21 Å². The molecule has 0 aliphatic carbocycles. The Kier molecular flexibility index (Phi) is 3.04. The Labute approximate surface area is 100 Å². The van der Waals surface area contributed by atoms with Gasteiger partial charge >= 0.3 is 0 Å². The largest absolute Gasteiger partial charge is 0.463 e. The highest BCUT2D eigenvalue weighted by molar-refractivity contribution is 5.95. The van der Waals surface area contributed by atoms with Crippen LogP contribution in [0.15, 0.2) is 28.9 Å². The third-order valence-corrected chi connectivity index (χ3v) is 2.85. The van der Waals surface area contributed by atoms with E-state index in [4.69, 9.17) is 10.2 Å². The second-order valence-electron chi connectivity index (χ2n) is 4.02. The summed E-state index contributed by atoms with van der Waals surface area (Å²) in [5.74, 6) is 0.360. The average molecular weight is 232 g/mol. The summed E-state index contributed by atoms with van der Waals surface area (Å²) in [6.45, 7) is 4.84. The van der Waals surface area contributed by atoms with Gasteiger partial charge in [-0.05, 0) is 31.5 Å². The van der Waals surface area contributed by atoms with Gasteiger partial charge in [-0.15, -0.1) is 0 Å². The quantitative estimate of drug-likeness (QED) is 0.880. The number of rotatable bonds is 4. The summed E-state index contributed by atoms with van der Waals surface area (Å²) in [5, 5.41) is 0. The van der Waals surface area contributed by atoms with E-state index in [1.807, 2.05) is 19.1 Å². The van der Waals surface area contributed by atoms with Crippen LogP contribution in [-0.4, -0.2) is 10.5 Å². The molecule has 4 nitrogen and oxygen atoms in total. The van der Waals surface area contributed by atoms with E-state index in [1.165, 1.54) is 0 Å². The van der Waals surface area contributed by atoms with Crippen molar-refractivity contribution >= 4 is 5.91 Å². The molecule has 0 saturated carbocycles. The smallest absolute Gasteiger partial charge is 0.250 e. The third-order valence-electron chi connectivity index (χ3n) is 2.85. The zero-order chi connectivity index (χ0) is 12.4. The van der Waals surface area contributed by atoms with Crippen LogP contribution in [0.1, 0.15) is 29.4 Å². The molecule has 2 aromatic heterocycles. The van der Waals surface area contributed by atoms with Gasteiger partial charge in [0.2, 0.25) is 0 Å². The van der Waals surface area contributed by atoms with Gasteiger partial charge in [-0.2, -0.15) is 0 Å². The van der Waals surface area contributed by atoms with Crippen LogP contribution in [0.5, 0.6) is 0 Å². The second kappa shape index (κ2) is 4.49. The number of carbonyl (C=O) groups excluding carboxylic acids is 1. The highest BCUT2D eigenvalue weighted by Crippen LogP contribution is 2.26. The summed E-state index contributed by atoms with van der Waals surface area (Å²) in [4.78, 5) is 11.3. The number of hydrogen-bond donors (Lipinski definition) is 1. The van der Waals surface area contributed by atoms with Gasteiger partial charge in [-0.25, -0.2) is 0 Å². The van der Waals surface area contributed by atoms with Crippen LogP contribution in [0.3, 0.4) is 0 Å². The maximum Gasteiger partial charge on any atom is 0.250 e. The first-order chi connectivity index (χ1) is 8.15. The Bertz CT molecular complexity index is 524. The Morgan fingerprint density at radius 1 is 1.53 bits per heavy atom. The van der Waals surface area contributed by atoms with E-state index in [9.17, 15) is 4.79 Å². The van der Waals surface area contributed by atoms with Crippen molar-refractivity contribution in [3.05, 3.63) is 35.7 Å². The number of furan rings is 1. The van der Waals surface area contributed by atoms with E-state index in [0.717, 1.165) is 30.1 Å². The first kappa shape index (κ1) is 11.5. The van der Waals surface area contributed by atoms with Crippen LogP contribution in [0.4, 0.5) is 0 Å². The minimum Gasteiger partial charge on any atom is -0.463 e. The zero-order valence-electron chi connectivity index (χ0n) is 10.1. The van der Waals surface area contributed by atoms with Crippen LogP contribution in [0.2, 0.25) is 0 Å². The Morgan fingerprint density at radius 3 is 2.82 bits per heavy atom. The van der Waals surface area contributed by atoms with E-state index in [1.54, 1.807) is 12.3 Å². The molecule has 1 amide bonds. The lowest BCUT2D eigenvalue weighted by Gasteiger charge is -2.08. The number of hydrogen-bond acceptors (Lipinski definition) is 2. The van der Waals surface area contributed by atoms with Crippen molar-refractivity contribution in [1.82, 2.24) is 4.57 Å². The molecule has 0 bridgehead atoms. The summed E-state index contributed by atoms with van der Waals surface area (Å²) in [6.07, 6.45) is 2.61. The highest BCUT2D eigenvalue weighted by Gasteiger charge is 2.17. The van der Waals surface area contributed by atoms with Crippen LogP contribution < -0.4 is 5.73 Å². The van der Waals surface area contributed by atoms with Crippen molar-refractivity contribution in [2.24, 2.45) is 5.73 Å². The third kappa shape index (κ3) is 1.98. The summed E-state index contributed by atoms with van der Waals surface area (Å²) in [7, 11) is 0. The van der Waals surface area contributed by atoms with Gasteiger partial charge in [0.25, 0.3) is 5.91 Å². The lowest BCUT2D eigenvalue weighted by Crippen LogP contribution is -2.12. The molecule has 2 N–H and O–H groups in total. The molecule has 2 heterocycles. The van der Waals surface area contributed by atoms with E-state index in [2.05, 4.69) is 11.5 Å². The van der Waals surface area contributed by atoms with E-state index in [0.29, 0.717) is 5.56 Å². The molecule has 0 fully saturated rings. The zero-order valence-corrected chi connectivity index (χ0v) is 10.1. The molecule has 90 valence electrons. The molecule has 0 aliphatic rings. The van der Waals surface area contributed by atoms with Crippen LogP contribution in [0.25, 0.3) is 11.5 Å². The number of amides is 1. The first-order valence-corrected chi connectivity index (χ1v) is 5.69. The lowest BCUT2D eigenvalue weighted by molar-refractivity contribution is 0.0999. The Balaban J connectivity index is 2.57. The van der Waals surface area contributed by atoms with Crippen molar-refractivity contribution in [1.29, 1.82) is 0 Å². The predicted molar refractivity (Wildman–Crippen MR) is 65.7 cm³/mol. The van der Waals surface area contributed by atoms with Crippen molar-refractivity contribution in [3.8, 4) is 11.5 Å². The number of primary amides is 1. The number of aromatic nitrogens is 1. The van der Waals surface area contributed by atoms with E-state index >= 15 is 0 Å². The fraction of sp³-hybridized carbons (Fsp3) is 0.308. The van der Waals surface area contributed by atoms with Crippen LogP contribution in [-0.2, 0) is 6.54 Å². The molecular weight excluding hydrogens is 216 g/mol. The molecule has 17 heavy (non-hydrogen) atoms. The number of carbonyl (C=O) groups is 1.